The van der Waals surface area contributed by atoms with E-state index in [2.05, 4.69) is 15.5 Å². The fraction of sp³-hybridized carbons (Fsp3) is 0.250. The van der Waals surface area contributed by atoms with Crippen molar-refractivity contribution >= 4 is 23.2 Å². The normalized spacial score (nSPS) is 12.3. The van der Waals surface area contributed by atoms with Crippen molar-refractivity contribution in [1.82, 2.24) is 15.0 Å². The number of nitrogens with zero attached hydrogens (tertiary/aromatic N) is 3. The Bertz CT molecular complexity index is 965. The van der Waals surface area contributed by atoms with Crippen LogP contribution in [-0.4, -0.2) is 35.9 Å². The molecule has 27 heavy (non-hydrogen) atoms. The molecule has 0 spiro atoms. The second kappa shape index (κ2) is 8.35. The van der Waals surface area contributed by atoms with E-state index < -0.39 is 0 Å². The standard InChI is InChI=1S/C20H22N4O3/c1-14(12-24-13-21-16-6-4-5-7-17(16)24)20(25)23-22-11-15-8-9-18(26-2)19(10-15)27-3/h4-11,13-14H,12H2,1-3H3,(H,23,25). The molecule has 0 aliphatic heterocycles. The summed E-state index contributed by atoms with van der Waals surface area (Å²) >= 11 is 0. The molecule has 1 unspecified atom stereocenters. The second-order valence-corrected chi connectivity index (χ2v) is 6.14. The number of carbonyl (C=O) groups excluding carboxylic acids is 1. The van der Waals surface area contributed by atoms with Gasteiger partial charge in [-0.05, 0) is 35.9 Å². The van der Waals surface area contributed by atoms with Gasteiger partial charge in [0.25, 0.3) is 0 Å². The van der Waals surface area contributed by atoms with Crippen molar-refractivity contribution in [2.75, 3.05) is 14.2 Å². The highest BCUT2D eigenvalue weighted by molar-refractivity contribution is 5.84. The number of hydrazone groups is 1. The lowest BCUT2D eigenvalue weighted by molar-refractivity contribution is -0.124. The number of aromatic nitrogens is 2. The van der Waals surface area contributed by atoms with Gasteiger partial charge in [0, 0.05) is 6.54 Å². The van der Waals surface area contributed by atoms with Gasteiger partial charge in [0.05, 0.1) is 43.7 Å². The molecule has 1 aromatic heterocycles. The largest absolute Gasteiger partial charge is 0.493 e. The van der Waals surface area contributed by atoms with E-state index >= 15 is 0 Å². The summed E-state index contributed by atoms with van der Waals surface area (Å²) in [5.41, 5.74) is 5.29. The number of amides is 1. The lowest BCUT2D eigenvalue weighted by atomic mass is 10.1. The van der Waals surface area contributed by atoms with E-state index in [1.165, 1.54) is 0 Å². The zero-order chi connectivity index (χ0) is 19.2. The van der Waals surface area contributed by atoms with Gasteiger partial charge in [0.1, 0.15) is 0 Å². The highest BCUT2D eigenvalue weighted by Gasteiger charge is 2.14. The molecule has 0 saturated carbocycles. The number of methoxy groups -OCH3 is 2. The third-order valence-corrected chi connectivity index (χ3v) is 4.24. The molecule has 0 aliphatic rings. The van der Waals surface area contributed by atoms with Crippen molar-refractivity contribution < 1.29 is 14.3 Å². The second-order valence-electron chi connectivity index (χ2n) is 6.14. The zero-order valence-electron chi connectivity index (χ0n) is 15.5. The van der Waals surface area contributed by atoms with Crippen LogP contribution in [0.15, 0.2) is 53.9 Å². The molecule has 0 bridgehead atoms. The van der Waals surface area contributed by atoms with E-state index in [1.54, 1.807) is 38.9 Å². The van der Waals surface area contributed by atoms with E-state index in [0.29, 0.717) is 18.0 Å². The van der Waals surface area contributed by atoms with E-state index in [0.717, 1.165) is 16.6 Å². The van der Waals surface area contributed by atoms with Gasteiger partial charge in [0.15, 0.2) is 11.5 Å². The number of fused-ring (bicyclic) bond motifs is 1. The Balaban J connectivity index is 1.61. The maximum atomic E-state index is 12.3. The quantitative estimate of drug-likeness (QED) is 0.515. The van der Waals surface area contributed by atoms with E-state index in [9.17, 15) is 4.79 Å². The third-order valence-electron chi connectivity index (χ3n) is 4.24. The van der Waals surface area contributed by atoms with Crippen molar-refractivity contribution in [3.8, 4) is 11.5 Å². The summed E-state index contributed by atoms with van der Waals surface area (Å²) in [4.78, 5) is 16.7. The maximum Gasteiger partial charge on any atom is 0.244 e. The third kappa shape index (κ3) is 4.25. The number of nitrogens with one attached hydrogen (secondary N) is 1. The molecule has 0 radical (unpaired) electrons. The Morgan fingerprint density at radius 2 is 2.00 bits per heavy atom. The molecule has 7 nitrogen and oxygen atoms in total. The van der Waals surface area contributed by atoms with Crippen molar-refractivity contribution in [2.45, 2.75) is 13.5 Å². The summed E-state index contributed by atoms with van der Waals surface area (Å²) in [7, 11) is 3.15. The zero-order valence-corrected chi connectivity index (χ0v) is 15.5. The van der Waals surface area contributed by atoms with Crippen LogP contribution in [0.4, 0.5) is 0 Å². The van der Waals surface area contributed by atoms with Crippen molar-refractivity contribution in [1.29, 1.82) is 0 Å². The van der Waals surface area contributed by atoms with Crippen molar-refractivity contribution in [2.24, 2.45) is 11.0 Å². The molecule has 1 atom stereocenters. The van der Waals surface area contributed by atoms with Gasteiger partial charge in [-0.15, -0.1) is 0 Å². The number of carbonyl (C=O) groups is 1. The number of hydrogen-bond donors (Lipinski definition) is 1. The van der Waals surface area contributed by atoms with Crippen LogP contribution in [0, 0.1) is 5.92 Å². The molecule has 1 heterocycles. The smallest absolute Gasteiger partial charge is 0.244 e. The minimum atomic E-state index is -0.259. The first-order chi connectivity index (χ1) is 13.1. The SMILES string of the molecule is COc1ccc(C=NNC(=O)C(C)Cn2cnc3ccccc32)cc1OC. The van der Waals surface area contributed by atoms with Crippen LogP contribution in [0.1, 0.15) is 12.5 Å². The van der Waals surface area contributed by atoms with Crippen molar-refractivity contribution in [3.63, 3.8) is 0 Å². The van der Waals surface area contributed by atoms with Gasteiger partial charge < -0.3 is 14.0 Å². The monoisotopic (exact) mass is 366 g/mol. The van der Waals surface area contributed by atoms with E-state index in [-0.39, 0.29) is 11.8 Å². The molecular formula is C20H22N4O3. The van der Waals surface area contributed by atoms with Gasteiger partial charge in [-0.2, -0.15) is 5.10 Å². The molecule has 1 N–H and O–H groups in total. The first-order valence-electron chi connectivity index (χ1n) is 8.57. The summed E-state index contributed by atoms with van der Waals surface area (Å²) in [6.45, 7) is 2.38. The number of rotatable bonds is 7. The molecule has 0 aliphatic carbocycles. The van der Waals surface area contributed by atoms with Gasteiger partial charge in [0.2, 0.25) is 5.91 Å². The van der Waals surface area contributed by atoms with Crippen LogP contribution in [0.25, 0.3) is 11.0 Å². The Labute approximate surface area is 157 Å². The summed E-state index contributed by atoms with van der Waals surface area (Å²) in [5, 5.41) is 4.04. The molecule has 7 heteroatoms. The van der Waals surface area contributed by atoms with Crippen molar-refractivity contribution in [3.05, 3.63) is 54.4 Å². The molecule has 0 fully saturated rings. The average Bonchev–Trinajstić information content (AvgIpc) is 3.10. The Morgan fingerprint density at radius 3 is 2.78 bits per heavy atom. The summed E-state index contributed by atoms with van der Waals surface area (Å²) < 4.78 is 12.4. The number of imidazole rings is 1. The van der Waals surface area contributed by atoms with Gasteiger partial charge in [-0.3, -0.25) is 4.79 Å². The fourth-order valence-corrected chi connectivity index (χ4v) is 2.75. The topological polar surface area (TPSA) is 77.7 Å². The highest BCUT2D eigenvalue weighted by Crippen LogP contribution is 2.26. The van der Waals surface area contributed by atoms with Crippen LogP contribution < -0.4 is 14.9 Å². The minimum Gasteiger partial charge on any atom is -0.493 e. The van der Waals surface area contributed by atoms with Crippen LogP contribution in [0.3, 0.4) is 0 Å². The van der Waals surface area contributed by atoms with Crippen LogP contribution >= 0.6 is 0 Å². The lowest BCUT2D eigenvalue weighted by Crippen LogP contribution is -2.27. The van der Waals surface area contributed by atoms with Gasteiger partial charge in [-0.1, -0.05) is 19.1 Å². The van der Waals surface area contributed by atoms with E-state index in [4.69, 9.17) is 9.47 Å². The minimum absolute atomic E-state index is 0.162. The summed E-state index contributed by atoms with van der Waals surface area (Å²) in [6, 6.07) is 13.2. The first kappa shape index (κ1) is 18.4. The van der Waals surface area contributed by atoms with Crippen LogP contribution in [0.5, 0.6) is 11.5 Å². The predicted octanol–water partition coefficient (Wildman–Crippen LogP) is 2.84. The van der Waals surface area contributed by atoms with Gasteiger partial charge >= 0.3 is 0 Å². The Hall–Kier alpha value is -3.35. The fourth-order valence-electron chi connectivity index (χ4n) is 2.75. The summed E-state index contributed by atoms with van der Waals surface area (Å²) in [5.74, 6) is 0.822. The molecular weight excluding hydrogens is 344 g/mol. The molecule has 0 saturated heterocycles. The summed E-state index contributed by atoms with van der Waals surface area (Å²) in [6.07, 6.45) is 3.32. The van der Waals surface area contributed by atoms with E-state index in [1.807, 2.05) is 41.8 Å². The molecule has 1 amide bonds. The van der Waals surface area contributed by atoms with Crippen LogP contribution in [0.2, 0.25) is 0 Å². The molecule has 140 valence electrons. The molecule has 3 rings (SSSR count). The number of benzene rings is 2. The number of ether oxygens (including phenoxy) is 2. The van der Waals surface area contributed by atoms with Crippen LogP contribution in [-0.2, 0) is 11.3 Å². The molecule has 2 aromatic carbocycles. The highest BCUT2D eigenvalue weighted by atomic mass is 16.5. The Kier molecular flexibility index (Phi) is 5.71. The first-order valence-corrected chi connectivity index (χ1v) is 8.57. The van der Waals surface area contributed by atoms with Gasteiger partial charge in [-0.25, -0.2) is 10.4 Å². The average molecular weight is 366 g/mol. The number of para-hydroxylation sites is 2. The predicted molar refractivity (Wildman–Crippen MR) is 104 cm³/mol. The lowest BCUT2D eigenvalue weighted by Gasteiger charge is -2.11. The number of hydrogen-bond acceptors (Lipinski definition) is 5. The molecule has 3 aromatic rings. The maximum absolute atomic E-state index is 12.3. The Morgan fingerprint density at radius 1 is 1.22 bits per heavy atom.